The minimum absolute atomic E-state index is 0.146. The summed E-state index contributed by atoms with van der Waals surface area (Å²) < 4.78 is 26.3. The molecule has 0 bridgehead atoms. The number of nitrogens with one attached hydrogen (secondary N) is 2. The van der Waals surface area contributed by atoms with Crippen LogP contribution < -0.4 is 10.0 Å². The maximum atomic E-state index is 11.8. The van der Waals surface area contributed by atoms with Gasteiger partial charge in [-0.25, -0.2) is 13.1 Å². The van der Waals surface area contributed by atoms with Crippen LogP contribution in [0.25, 0.3) is 0 Å². The second-order valence-electron chi connectivity index (χ2n) is 5.76. The molecule has 4 nitrogen and oxygen atoms in total. The number of hydrogen-bond acceptors (Lipinski definition) is 3. The summed E-state index contributed by atoms with van der Waals surface area (Å²) >= 11 is 0. The van der Waals surface area contributed by atoms with Gasteiger partial charge < -0.3 is 5.32 Å². The first-order valence-electron chi connectivity index (χ1n) is 7.26. The van der Waals surface area contributed by atoms with Gasteiger partial charge in [-0.1, -0.05) is 38.1 Å². The molecule has 1 aliphatic carbocycles. The molecular weight excluding hydrogens is 272 g/mol. The minimum Gasteiger partial charge on any atom is -0.313 e. The van der Waals surface area contributed by atoms with Gasteiger partial charge in [0.25, 0.3) is 0 Å². The summed E-state index contributed by atoms with van der Waals surface area (Å²) in [5.74, 6) is 0.641. The fourth-order valence-corrected chi connectivity index (χ4v) is 2.89. The lowest BCUT2D eigenvalue weighted by Crippen LogP contribution is -2.32. The van der Waals surface area contributed by atoms with Crippen LogP contribution >= 0.6 is 0 Å². The van der Waals surface area contributed by atoms with Crippen molar-refractivity contribution in [2.45, 2.75) is 45.2 Å². The first-order chi connectivity index (χ1) is 9.46. The standard InChI is InChI=1S/C15H24N2O2S/c1-12(2)14-5-3-13(4-6-14)11-17-20(18,19)10-9-16-15-7-8-15/h3-6,12,15-17H,7-11H2,1-2H3. The van der Waals surface area contributed by atoms with Gasteiger partial charge in [0, 0.05) is 19.1 Å². The smallest absolute Gasteiger partial charge is 0.213 e. The van der Waals surface area contributed by atoms with Crippen molar-refractivity contribution in [3.05, 3.63) is 35.4 Å². The van der Waals surface area contributed by atoms with Crippen molar-refractivity contribution in [2.75, 3.05) is 12.3 Å². The highest BCUT2D eigenvalue weighted by Crippen LogP contribution is 2.18. The Kier molecular flexibility index (Phi) is 5.18. The predicted octanol–water partition coefficient (Wildman–Crippen LogP) is 1.98. The lowest BCUT2D eigenvalue weighted by molar-refractivity contribution is 0.576. The van der Waals surface area contributed by atoms with Crippen molar-refractivity contribution in [1.82, 2.24) is 10.0 Å². The van der Waals surface area contributed by atoms with Gasteiger partial charge >= 0.3 is 0 Å². The van der Waals surface area contributed by atoms with Gasteiger partial charge in [-0.05, 0) is 29.9 Å². The first-order valence-corrected chi connectivity index (χ1v) is 8.91. The molecule has 2 N–H and O–H groups in total. The SMILES string of the molecule is CC(C)c1ccc(CNS(=O)(=O)CCNC2CC2)cc1. The maximum absolute atomic E-state index is 11.8. The normalized spacial score (nSPS) is 15.8. The van der Waals surface area contributed by atoms with Crippen LogP contribution in [0.5, 0.6) is 0 Å². The fourth-order valence-electron chi connectivity index (χ4n) is 1.97. The highest BCUT2D eigenvalue weighted by Gasteiger charge is 2.21. The molecule has 112 valence electrons. The highest BCUT2D eigenvalue weighted by atomic mass is 32.2. The van der Waals surface area contributed by atoms with Crippen molar-refractivity contribution < 1.29 is 8.42 Å². The number of hydrogen-bond donors (Lipinski definition) is 2. The lowest BCUT2D eigenvalue weighted by atomic mass is 10.0. The van der Waals surface area contributed by atoms with Crippen LogP contribution in [0.15, 0.2) is 24.3 Å². The number of sulfonamides is 1. The van der Waals surface area contributed by atoms with Gasteiger partial charge in [0.2, 0.25) is 10.0 Å². The molecule has 2 rings (SSSR count). The van der Waals surface area contributed by atoms with Gasteiger partial charge in [0.15, 0.2) is 0 Å². The molecular formula is C15H24N2O2S. The predicted molar refractivity (Wildman–Crippen MR) is 82.2 cm³/mol. The van der Waals surface area contributed by atoms with Crippen LogP contribution in [-0.4, -0.2) is 26.8 Å². The van der Waals surface area contributed by atoms with E-state index >= 15 is 0 Å². The molecule has 1 fully saturated rings. The minimum atomic E-state index is -3.19. The van der Waals surface area contributed by atoms with Crippen molar-refractivity contribution >= 4 is 10.0 Å². The van der Waals surface area contributed by atoms with Gasteiger partial charge in [0.05, 0.1) is 5.75 Å². The van der Waals surface area contributed by atoms with E-state index in [1.807, 2.05) is 12.1 Å². The van der Waals surface area contributed by atoms with Crippen molar-refractivity contribution in [2.24, 2.45) is 0 Å². The van der Waals surface area contributed by atoms with Gasteiger partial charge in [0.1, 0.15) is 0 Å². The molecule has 1 aromatic rings. The van der Waals surface area contributed by atoms with Crippen LogP contribution in [0, 0.1) is 0 Å². The van der Waals surface area contributed by atoms with E-state index in [4.69, 9.17) is 0 Å². The van der Waals surface area contributed by atoms with Crippen LogP contribution in [0.3, 0.4) is 0 Å². The Balaban J connectivity index is 1.77. The van der Waals surface area contributed by atoms with Gasteiger partial charge in [-0.15, -0.1) is 0 Å². The maximum Gasteiger partial charge on any atom is 0.213 e. The summed E-state index contributed by atoms with van der Waals surface area (Å²) in [4.78, 5) is 0. The summed E-state index contributed by atoms with van der Waals surface area (Å²) in [7, 11) is -3.19. The zero-order valence-corrected chi connectivity index (χ0v) is 13.0. The van der Waals surface area contributed by atoms with Gasteiger partial charge in [-0.2, -0.15) is 0 Å². The monoisotopic (exact) mass is 296 g/mol. The Labute approximate surface area is 122 Å². The topological polar surface area (TPSA) is 58.2 Å². The Hall–Kier alpha value is -0.910. The van der Waals surface area contributed by atoms with Crippen LogP contribution in [0.2, 0.25) is 0 Å². The molecule has 0 aromatic heterocycles. The molecule has 0 amide bonds. The quantitative estimate of drug-likeness (QED) is 0.771. The van der Waals surface area contributed by atoms with Crippen molar-refractivity contribution in [1.29, 1.82) is 0 Å². The van der Waals surface area contributed by atoms with E-state index in [0.717, 1.165) is 5.56 Å². The molecule has 20 heavy (non-hydrogen) atoms. The summed E-state index contributed by atoms with van der Waals surface area (Å²) in [6.45, 7) is 5.19. The average Bonchev–Trinajstić information content (AvgIpc) is 3.21. The molecule has 5 heteroatoms. The number of rotatable bonds is 8. The Morgan fingerprint density at radius 1 is 1.20 bits per heavy atom. The van der Waals surface area contributed by atoms with E-state index in [1.54, 1.807) is 0 Å². The van der Waals surface area contributed by atoms with Gasteiger partial charge in [-0.3, -0.25) is 0 Å². The molecule has 0 unspecified atom stereocenters. The van der Waals surface area contributed by atoms with Crippen molar-refractivity contribution in [3.63, 3.8) is 0 Å². The zero-order chi connectivity index (χ0) is 14.6. The number of benzene rings is 1. The first kappa shape index (κ1) is 15.5. The molecule has 0 spiro atoms. The molecule has 0 radical (unpaired) electrons. The van der Waals surface area contributed by atoms with E-state index in [9.17, 15) is 8.42 Å². The summed E-state index contributed by atoms with van der Waals surface area (Å²) in [6, 6.07) is 8.64. The third-order valence-corrected chi connectivity index (χ3v) is 4.85. The van der Waals surface area contributed by atoms with E-state index in [-0.39, 0.29) is 5.75 Å². The lowest BCUT2D eigenvalue weighted by Gasteiger charge is -2.09. The average molecular weight is 296 g/mol. The molecule has 1 aromatic carbocycles. The largest absolute Gasteiger partial charge is 0.313 e. The van der Waals surface area contributed by atoms with E-state index in [2.05, 4.69) is 36.0 Å². The Bertz CT molecular complexity index is 519. The van der Waals surface area contributed by atoms with E-state index < -0.39 is 10.0 Å². The molecule has 1 saturated carbocycles. The molecule has 0 atom stereocenters. The molecule has 0 heterocycles. The fraction of sp³-hybridized carbons (Fsp3) is 0.600. The second-order valence-corrected chi connectivity index (χ2v) is 7.69. The summed E-state index contributed by atoms with van der Waals surface area (Å²) in [5, 5.41) is 3.21. The summed E-state index contributed by atoms with van der Waals surface area (Å²) in [6.07, 6.45) is 2.35. The highest BCUT2D eigenvalue weighted by molar-refractivity contribution is 7.89. The van der Waals surface area contributed by atoms with E-state index in [1.165, 1.54) is 18.4 Å². The third kappa shape index (κ3) is 5.23. The zero-order valence-electron chi connectivity index (χ0n) is 12.2. The van der Waals surface area contributed by atoms with Crippen LogP contribution in [0.1, 0.15) is 43.7 Å². The molecule has 1 aliphatic rings. The molecule has 0 aliphatic heterocycles. The van der Waals surface area contributed by atoms with Crippen molar-refractivity contribution in [3.8, 4) is 0 Å². The third-order valence-electron chi connectivity index (χ3n) is 3.52. The van der Waals surface area contributed by atoms with Crippen LogP contribution in [-0.2, 0) is 16.6 Å². The summed E-state index contributed by atoms with van der Waals surface area (Å²) in [5.41, 5.74) is 2.26. The van der Waals surface area contributed by atoms with E-state index in [0.29, 0.717) is 25.0 Å². The Morgan fingerprint density at radius 3 is 2.40 bits per heavy atom. The van der Waals surface area contributed by atoms with Crippen LogP contribution in [0.4, 0.5) is 0 Å². The second kappa shape index (κ2) is 6.70. The molecule has 0 saturated heterocycles. The Morgan fingerprint density at radius 2 is 1.85 bits per heavy atom.